The lowest BCUT2D eigenvalue weighted by Crippen LogP contribution is -2.24. The van der Waals surface area contributed by atoms with E-state index in [0.717, 1.165) is 34.8 Å². The van der Waals surface area contributed by atoms with Gasteiger partial charge in [0.05, 0.1) is 0 Å². The number of nitrogens with one attached hydrogen (secondary N) is 1. The minimum absolute atomic E-state index is 0.766. The number of nitrogens with zero attached hydrogens (tertiary/aromatic N) is 1. The summed E-state index contributed by atoms with van der Waals surface area (Å²) in [5.74, 6) is 0. The van der Waals surface area contributed by atoms with Crippen LogP contribution in [-0.2, 0) is 6.54 Å². The molecule has 0 radical (unpaired) electrons. The molecule has 0 bridgehead atoms. The minimum Gasteiger partial charge on any atom is -0.384 e. The van der Waals surface area contributed by atoms with E-state index in [9.17, 15) is 0 Å². The zero-order valence-electron chi connectivity index (χ0n) is 10.7. The standard InChI is InChI=1S/C14H16BrClN2S/c1-18(9-14-7-11(15)10-19-14)6-5-17-13-4-2-3-12(16)8-13/h2-4,7-8,10,17H,5-6,9H2,1H3. The summed E-state index contributed by atoms with van der Waals surface area (Å²) in [6.07, 6.45) is 0. The molecule has 1 heterocycles. The molecule has 2 aromatic rings. The number of benzene rings is 1. The summed E-state index contributed by atoms with van der Waals surface area (Å²) in [5, 5.41) is 6.26. The highest BCUT2D eigenvalue weighted by molar-refractivity contribution is 9.10. The molecule has 1 aromatic heterocycles. The summed E-state index contributed by atoms with van der Waals surface area (Å²) in [4.78, 5) is 3.67. The van der Waals surface area contributed by atoms with E-state index >= 15 is 0 Å². The van der Waals surface area contributed by atoms with Gasteiger partial charge in [0.25, 0.3) is 0 Å². The molecular weight excluding hydrogens is 344 g/mol. The van der Waals surface area contributed by atoms with Gasteiger partial charge in [-0.1, -0.05) is 17.7 Å². The van der Waals surface area contributed by atoms with Gasteiger partial charge in [-0.2, -0.15) is 0 Å². The van der Waals surface area contributed by atoms with Crippen LogP contribution >= 0.6 is 38.9 Å². The largest absolute Gasteiger partial charge is 0.384 e. The summed E-state index contributed by atoms with van der Waals surface area (Å²) in [5.41, 5.74) is 1.07. The van der Waals surface area contributed by atoms with Gasteiger partial charge in [-0.15, -0.1) is 11.3 Å². The SMILES string of the molecule is CN(CCNc1cccc(Cl)c1)Cc1cc(Br)cs1. The fourth-order valence-corrected chi connectivity index (χ4v) is 3.49. The third-order valence-corrected chi connectivity index (χ3v) is 4.61. The zero-order chi connectivity index (χ0) is 13.7. The van der Waals surface area contributed by atoms with Gasteiger partial charge in [0.15, 0.2) is 0 Å². The number of hydrogen-bond donors (Lipinski definition) is 1. The maximum absolute atomic E-state index is 5.94. The second-order valence-corrected chi connectivity index (χ2v) is 6.75. The third kappa shape index (κ3) is 5.15. The van der Waals surface area contributed by atoms with Crippen molar-refractivity contribution in [1.29, 1.82) is 0 Å². The van der Waals surface area contributed by atoms with E-state index in [0.29, 0.717) is 0 Å². The van der Waals surface area contributed by atoms with Crippen LogP contribution in [0.2, 0.25) is 5.02 Å². The maximum Gasteiger partial charge on any atom is 0.0426 e. The normalized spacial score (nSPS) is 10.9. The van der Waals surface area contributed by atoms with Crippen molar-refractivity contribution in [2.24, 2.45) is 0 Å². The second kappa shape index (κ2) is 7.29. The molecule has 0 aliphatic carbocycles. The van der Waals surface area contributed by atoms with Crippen molar-refractivity contribution in [3.8, 4) is 0 Å². The van der Waals surface area contributed by atoms with Crippen molar-refractivity contribution in [3.05, 3.63) is 50.1 Å². The van der Waals surface area contributed by atoms with Crippen LogP contribution in [0.25, 0.3) is 0 Å². The fraction of sp³-hybridized carbons (Fsp3) is 0.286. The first kappa shape index (κ1) is 14.9. The van der Waals surface area contributed by atoms with Crippen LogP contribution in [0, 0.1) is 0 Å². The summed E-state index contributed by atoms with van der Waals surface area (Å²) in [6, 6.07) is 9.98. The van der Waals surface area contributed by atoms with Crippen LogP contribution in [-0.4, -0.2) is 25.0 Å². The highest BCUT2D eigenvalue weighted by atomic mass is 79.9. The zero-order valence-corrected chi connectivity index (χ0v) is 13.9. The molecule has 0 amide bonds. The topological polar surface area (TPSA) is 15.3 Å². The van der Waals surface area contributed by atoms with Crippen molar-refractivity contribution < 1.29 is 0 Å². The number of rotatable bonds is 6. The average molecular weight is 360 g/mol. The van der Waals surface area contributed by atoms with Crippen LogP contribution in [0.3, 0.4) is 0 Å². The van der Waals surface area contributed by atoms with E-state index in [4.69, 9.17) is 11.6 Å². The molecule has 0 fully saturated rings. The lowest BCUT2D eigenvalue weighted by atomic mass is 10.3. The summed E-state index contributed by atoms with van der Waals surface area (Å²) in [6.45, 7) is 2.87. The van der Waals surface area contributed by atoms with Crippen molar-refractivity contribution in [2.75, 3.05) is 25.5 Å². The van der Waals surface area contributed by atoms with E-state index in [2.05, 4.69) is 44.6 Å². The van der Waals surface area contributed by atoms with Gasteiger partial charge < -0.3 is 5.32 Å². The number of thiophene rings is 1. The Labute approximate surface area is 131 Å². The van der Waals surface area contributed by atoms with Crippen molar-refractivity contribution in [1.82, 2.24) is 4.90 Å². The maximum atomic E-state index is 5.94. The van der Waals surface area contributed by atoms with Crippen LogP contribution in [0.5, 0.6) is 0 Å². The quantitative estimate of drug-likeness (QED) is 0.803. The van der Waals surface area contributed by atoms with Gasteiger partial charge in [-0.05, 0) is 47.2 Å². The van der Waals surface area contributed by atoms with Crippen LogP contribution in [0.4, 0.5) is 5.69 Å². The molecular formula is C14H16BrClN2S. The highest BCUT2D eigenvalue weighted by Gasteiger charge is 2.03. The first-order chi connectivity index (χ1) is 9.13. The predicted octanol–water partition coefficient (Wildman–Crippen LogP) is 4.71. The molecule has 0 saturated heterocycles. The highest BCUT2D eigenvalue weighted by Crippen LogP contribution is 2.20. The first-order valence-corrected chi connectivity index (χ1v) is 8.09. The average Bonchev–Trinajstić information content (AvgIpc) is 2.75. The molecule has 0 saturated carbocycles. The summed E-state index contributed by atoms with van der Waals surface area (Å²) in [7, 11) is 2.13. The van der Waals surface area contributed by atoms with Gasteiger partial charge >= 0.3 is 0 Å². The molecule has 0 aliphatic rings. The van der Waals surface area contributed by atoms with Crippen molar-refractivity contribution in [2.45, 2.75) is 6.54 Å². The molecule has 2 nitrogen and oxygen atoms in total. The molecule has 19 heavy (non-hydrogen) atoms. The minimum atomic E-state index is 0.766. The van der Waals surface area contributed by atoms with Crippen LogP contribution in [0.15, 0.2) is 40.2 Å². The van der Waals surface area contributed by atoms with Crippen molar-refractivity contribution >= 4 is 44.6 Å². The molecule has 1 aromatic carbocycles. The Morgan fingerprint density at radius 1 is 1.37 bits per heavy atom. The first-order valence-electron chi connectivity index (χ1n) is 6.04. The molecule has 102 valence electrons. The molecule has 1 N–H and O–H groups in total. The molecule has 0 unspecified atom stereocenters. The van der Waals surface area contributed by atoms with E-state index in [1.807, 2.05) is 24.3 Å². The lowest BCUT2D eigenvalue weighted by Gasteiger charge is -2.16. The van der Waals surface area contributed by atoms with E-state index in [1.54, 1.807) is 11.3 Å². The number of likely N-dealkylation sites (N-methyl/N-ethyl adjacent to an activating group) is 1. The molecule has 2 rings (SSSR count). The van der Waals surface area contributed by atoms with E-state index in [1.165, 1.54) is 4.88 Å². The number of hydrogen-bond acceptors (Lipinski definition) is 3. The van der Waals surface area contributed by atoms with E-state index in [-0.39, 0.29) is 0 Å². The van der Waals surface area contributed by atoms with Gasteiger partial charge in [0.1, 0.15) is 0 Å². The molecule has 0 aliphatic heterocycles. The number of anilines is 1. The Balaban J connectivity index is 1.73. The van der Waals surface area contributed by atoms with E-state index < -0.39 is 0 Å². The summed E-state index contributed by atoms with van der Waals surface area (Å²) >= 11 is 11.2. The summed E-state index contributed by atoms with van der Waals surface area (Å²) < 4.78 is 1.16. The smallest absolute Gasteiger partial charge is 0.0426 e. The Morgan fingerprint density at radius 3 is 2.89 bits per heavy atom. The second-order valence-electron chi connectivity index (χ2n) is 4.41. The third-order valence-electron chi connectivity index (χ3n) is 2.69. The molecule has 0 spiro atoms. The fourth-order valence-electron chi connectivity index (χ4n) is 1.77. The number of halogens is 2. The lowest BCUT2D eigenvalue weighted by molar-refractivity contribution is 0.343. The monoisotopic (exact) mass is 358 g/mol. The Morgan fingerprint density at radius 2 is 2.21 bits per heavy atom. The van der Waals surface area contributed by atoms with Crippen molar-refractivity contribution in [3.63, 3.8) is 0 Å². The van der Waals surface area contributed by atoms with Gasteiger partial charge in [0.2, 0.25) is 0 Å². The predicted molar refractivity (Wildman–Crippen MR) is 88.3 cm³/mol. The Bertz CT molecular complexity index is 530. The van der Waals surface area contributed by atoms with Crippen LogP contribution < -0.4 is 5.32 Å². The molecule has 0 atom stereocenters. The van der Waals surface area contributed by atoms with Gasteiger partial charge in [0, 0.05) is 45.1 Å². The molecule has 5 heteroatoms. The van der Waals surface area contributed by atoms with Crippen LogP contribution in [0.1, 0.15) is 4.88 Å². The van der Waals surface area contributed by atoms with Gasteiger partial charge in [-0.25, -0.2) is 0 Å². The Kier molecular flexibility index (Phi) is 5.70. The van der Waals surface area contributed by atoms with Gasteiger partial charge in [-0.3, -0.25) is 4.90 Å². The Hall–Kier alpha value is -0.550.